The summed E-state index contributed by atoms with van der Waals surface area (Å²) in [7, 11) is 0. The van der Waals surface area contributed by atoms with Crippen molar-refractivity contribution in [1.82, 2.24) is 0 Å². The summed E-state index contributed by atoms with van der Waals surface area (Å²) in [6.45, 7) is 4.49. The molecule has 0 N–H and O–H groups in total. The molecule has 0 amide bonds. The van der Waals surface area contributed by atoms with Crippen molar-refractivity contribution in [1.29, 1.82) is 0 Å². The predicted molar refractivity (Wildman–Crippen MR) is 57.9 cm³/mol. The SMILES string of the molecule is CCCCCCCC(CC)CCl. The van der Waals surface area contributed by atoms with Crippen molar-refractivity contribution in [3.8, 4) is 0 Å². The van der Waals surface area contributed by atoms with E-state index in [2.05, 4.69) is 13.8 Å². The van der Waals surface area contributed by atoms with E-state index in [1.807, 2.05) is 0 Å². The second kappa shape index (κ2) is 9.38. The van der Waals surface area contributed by atoms with E-state index in [0.717, 1.165) is 11.8 Å². The van der Waals surface area contributed by atoms with Crippen LogP contribution in [-0.2, 0) is 0 Å². The van der Waals surface area contributed by atoms with E-state index >= 15 is 0 Å². The molecule has 0 aromatic heterocycles. The normalized spacial score (nSPS) is 13.2. The molecule has 0 fully saturated rings. The standard InChI is InChI=1S/C11H23Cl/c1-3-5-6-7-8-9-11(4-2)10-12/h11H,3-10H2,1-2H3. The van der Waals surface area contributed by atoms with E-state index in [9.17, 15) is 0 Å². The first-order valence-electron chi connectivity index (χ1n) is 5.41. The lowest BCUT2D eigenvalue weighted by molar-refractivity contribution is 0.478. The van der Waals surface area contributed by atoms with Gasteiger partial charge in [-0.2, -0.15) is 0 Å². The third-order valence-corrected chi connectivity index (χ3v) is 2.95. The van der Waals surface area contributed by atoms with Gasteiger partial charge in [-0.1, -0.05) is 52.4 Å². The van der Waals surface area contributed by atoms with Gasteiger partial charge in [-0.15, -0.1) is 11.6 Å². The van der Waals surface area contributed by atoms with E-state index in [4.69, 9.17) is 11.6 Å². The van der Waals surface area contributed by atoms with Crippen LogP contribution in [0.1, 0.15) is 58.8 Å². The first-order valence-corrected chi connectivity index (χ1v) is 5.94. The van der Waals surface area contributed by atoms with Gasteiger partial charge in [-0.25, -0.2) is 0 Å². The van der Waals surface area contributed by atoms with E-state index in [-0.39, 0.29) is 0 Å². The van der Waals surface area contributed by atoms with Crippen LogP contribution < -0.4 is 0 Å². The zero-order valence-electron chi connectivity index (χ0n) is 8.61. The van der Waals surface area contributed by atoms with Crippen LogP contribution >= 0.6 is 11.6 Å². The fourth-order valence-electron chi connectivity index (χ4n) is 1.43. The molecule has 0 aromatic rings. The summed E-state index contributed by atoms with van der Waals surface area (Å²) in [5.74, 6) is 1.62. The second-order valence-corrected chi connectivity index (χ2v) is 3.94. The van der Waals surface area contributed by atoms with Gasteiger partial charge in [0, 0.05) is 5.88 Å². The van der Waals surface area contributed by atoms with Crippen molar-refractivity contribution < 1.29 is 0 Å². The Morgan fingerprint density at radius 2 is 1.67 bits per heavy atom. The number of unbranched alkanes of at least 4 members (excludes halogenated alkanes) is 4. The Hall–Kier alpha value is 0.290. The van der Waals surface area contributed by atoms with Crippen LogP contribution in [-0.4, -0.2) is 5.88 Å². The summed E-state index contributed by atoms with van der Waals surface area (Å²) in [6, 6.07) is 0. The average Bonchev–Trinajstić information content (AvgIpc) is 2.11. The van der Waals surface area contributed by atoms with Gasteiger partial charge in [0.05, 0.1) is 0 Å². The summed E-state index contributed by atoms with van der Waals surface area (Å²) in [6.07, 6.45) is 9.52. The molecule has 0 saturated heterocycles. The summed E-state index contributed by atoms with van der Waals surface area (Å²) >= 11 is 5.81. The van der Waals surface area contributed by atoms with Crippen LogP contribution in [0.15, 0.2) is 0 Å². The highest BCUT2D eigenvalue weighted by Crippen LogP contribution is 2.15. The van der Waals surface area contributed by atoms with Crippen molar-refractivity contribution in [3.63, 3.8) is 0 Å². The lowest BCUT2D eigenvalue weighted by atomic mass is 10.00. The number of halogens is 1. The Morgan fingerprint density at radius 3 is 2.17 bits per heavy atom. The number of hydrogen-bond acceptors (Lipinski definition) is 0. The molecular formula is C11H23Cl. The molecule has 12 heavy (non-hydrogen) atoms. The van der Waals surface area contributed by atoms with Gasteiger partial charge in [0.15, 0.2) is 0 Å². The lowest BCUT2D eigenvalue weighted by Crippen LogP contribution is -1.99. The van der Waals surface area contributed by atoms with Gasteiger partial charge in [0.25, 0.3) is 0 Å². The highest BCUT2D eigenvalue weighted by Gasteiger charge is 2.02. The van der Waals surface area contributed by atoms with E-state index in [1.54, 1.807) is 0 Å². The number of rotatable bonds is 8. The maximum atomic E-state index is 5.81. The molecule has 0 bridgehead atoms. The third kappa shape index (κ3) is 6.97. The highest BCUT2D eigenvalue weighted by atomic mass is 35.5. The topological polar surface area (TPSA) is 0 Å². The highest BCUT2D eigenvalue weighted by molar-refractivity contribution is 6.18. The Labute approximate surface area is 82.7 Å². The molecule has 0 aliphatic rings. The van der Waals surface area contributed by atoms with Gasteiger partial charge < -0.3 is 0 Å². The second-order valence-electron chi connectivity index (χ2n) is 3.63. The minimum absolute atomic E-state index is 0.772. The largest absolute Gasteiger partial charge is 0.126 e. The molecule has 0 spiro atoms. The van der Waals surface area contributed by atoms with Gasteiger partial charge in [-0.05, 0) is 12.3 Å². The fourth-order valence-corrected chi connectivity index (χ4v) is 1.80. The van der Waals surface area contributed by atoms with Crippen molar-refractivity contribution in [2.24, 2.45) is 5.92 Å². The van der Waals surface area contributed by atoms with Crippen LogP contribution in [0.3, 0.4) is 0 Å². The van der Waals surface area contributed by atoms with Crippen LogP contribution in [0.25, 0.3) is 0 Å². The zero-order chi connectivity index (χ0) is 9.23. The first kappa shape index (κ1) is 12.3. The maximum Gasteiger partial charge on any atom is 0.0251 e. The molecule has 0 saturated carbocycles. The Bertz CT molecular complexity index is 77.1. The van der Waals surface area contributed by atoms with Gasteiger partial charge in [0.1, 0.15) is 0 Å². The summed E-state index contributed by atoms with van der Waals surface area (Å²) in [5, 5.41) is 0. The Balaban J connectivity index is 3.06. The molecule has 1 heteroatoms. The molecule has 1 unspecified atom stereocenters. The lowest BCUT2D eigenvalue weighted by Gasteiger charge is -2.09. The number of hydrogen-bond donors (Lipinski definition) is 0. The molecule has 74 valence electrons. The summed E-state index contributed by atoms with van der Waals surface area (Å²) in [5.41, 5.74) is 0. The van der Waals surface area contributed by atoms with Crippen molar-refractivity contribution in [2.45, 2.75) is 58.8 Å². The Morgan fingerprint density at radius 1 is 1.00 bits per heavy atom. The van der Waals surface area contributed by atoms with Gasteiger partial charge in [0.2, 0.25) is 0 Å². The molecule has 1 atom stereocenters. The monoisotopic (exact) mass is 190 g/mol. The minimum Gasteiger partial charge on any atom is -0.126 e. The maximum absolute atomic E-state index is 5.81. The third-order valence-electron chi connectivity index (χ3n) is 2.51. The molecule has 0 radical (unpaired) electrons. The molecule has 0 heterocycles. The smallest absolute Gasteiger partial charge is 0.0251 e. The summed E-state index contributed by atoms with van der Waals surface area (Å²) in [4.78, 5) is 0. The van der Waals surface area contributed by atoms with E-state index in [0.29, 0.717) is 0 Å². The van der Waals surface area contributed by atoms with Crippen LogP contribution in [0.4, 0.5) is 0 Å². The van der Waals surface area contributed by atoms with Crippen LogP contribution in [0, 0.1) is 5.92 Å². The zero-order valence-corrected chi connectivity index (χ0v) is 9.37. The molecule has 0 rings (SSSR count). The molecule has 0 nitrogen and oxygen atoms in total. The molecule has 0 aromatic carbocycles. The van der Waals surface area contributed by atoms with Crippen LogP contribution in [0.5, 0.6) is 0 Å². The van der Waals surface area contributed by atoms with Crippen molar-refractivity contribution >= 4 is 11.6 Å². The van der Waals surface area contributed by atoms with E-state index < -0.39 is 0 Å². The molecule has 0 aliphatic heterocycles. The van der Waals surface area contributed by atoms with Gasteiger partial charge >= 0.3 is 0 Å². The fraction of sp³-hybridized carbons (Fsp3) is 1.00. The van der Waals surface area contributed by atoms with Gasteiger partial charge in [-0.3, -0.25) is 0 Å². The average molecular weight is 191 g/mol. The number of alkyl halides is 1. The van der Waals surface area contributed by atoms with Crippen molar-refractivity contribution in [3.05, 3.63) is 0 Å². The Kier molecular flexibility index (Phi) is 9.61. The quantitative estimate of drug-likeness (QED) is 0.387. The van der Waals surface area contributed by atoms with E-state index in [1.165, 1.54) is 44.9 Å². The van der Waals surface area contributed by atoms with Crippen LogP contribution in [0.2, 0.25) is 0 Å². The molecule has 0 aliphatic carbocycles. The minimum atomic E-state index is 0.772. The summed E-state index contributed by atoms with van der Waals surface area (Å²) < 4.78 is 0. The van der Waals surface area contributed by atoms with Crippen molar-refractivity contribution in [2.75, 3.05) is 5.88 Å². The molecular weight excluding hydrogens is 168 g/mol. The first-order chi connectivity index (χ1) is 5.85. The predicted octanol–water partition coefficient (Wildman–Crippen LogP) is 4.61.